The van der Waals surface area contributed by atoms with E-state index in [-0.39, 0.29) is 17.0 Å². The first-order valence-corrected chi connectivity index (χ1v) is 14.7. The number of sulfonamides is 1. The summed E-state index contributed by atoms with van der Waals surface area (Å²) in [4.78, 5) is 40.5. The van der Waals surface area contributed by atoms with Crippen molar-refractivity contribution in [3.05, 3.63) is 81.7 Å². The number of carbonyl (C=O) groups is 3. The predicted octanol–water partition coefficient (Wildman–Crippen LogP) is 2.98. The number of nitrogens with zero attached hydrogens (tertiary/aromatic N) is 2. The zero-order chi connectivity index (χ0) is 28.2. The fourth-order valence-electron chi connectivity index (χ4n) is 4.32. The van der Waals surface area contributed by atoms with E-state index in [9.17, 15) is 22.8 Å². The van der Waals surface area contributed by atoms with Crippen LogP contribution in [-0.2, 0) is 34.3 Å². The maximum atomic E-state index is 13.3. The maximum absolute atomic E-state index is 13.3. The van der Waals surface area contributed by atoms with Gasteiger partial charge in [0.1, 0.15) is 5.00 Å². The quantitative estimate of drug-likeness (QED) is 0.358. The minimum Gasteiger partial charge on any atom is -0.313 e. The molecule has 3 N–H and O–H groups in total. The number of carbonyl (C=O) groups excluding carboxylic acids is 3. The maximum Gasteiger partial charge on any atom is 0.272 e. The van der Waals surface area contributed by atoms with Crippen LogP contribution in [-0.4, -0.2) is 55.5 Å². The van der Waals surface area contributed by atoms with Crippen molar-refractivity contribution in [3.8, 4) is 0 Å². The number of fused-ring (bicyclic) bond motifs is 1. The van der Waals surface area contributed by atoms with Crippen LogP contribution in [0.1, 0.15) is 50.6 Å². The smallest absolute Gasteiger partial charge is 0.272 e. The van der Waals surface area contributed by atoms with Gasteiger partial charge >= 0.3 is 0 Å². The highest BCUT2D eigenvalue weighted by atomic mass is 32.2. The van der Waals surface area contributed by atoms with Gasteiger partial charge in [-0.05, 0) is 48.9 Å². The summed E-state index contributed by atoms with van der Waals surface area (Å²) in [6.07, 6.45) is 0.629. The first-order valence-electron chi connectivity index (χ1n) is 12.5. The Balaban J connectivity index is 1.54. The molecule has 0 radical (unpaired) electrons. The summed E-state index contributed by atoms with van der Waals surface area (Å²) in [5, 5.41) is 3.19. The standard InChI is InChI=1S/C27H31N5O5S2/c1-4-32(16-19-8-6-5-7-9-19)39(36,37)21-12-10-20(11-13-21)25(34)28-27-24(26(35)30-29-18(2)33)22-14-15-31(3)17-23(22)38-27/h5-13H,4,14-17H2,1-3H3,(H,28,34)(H,29,33)(H,30,35). The molecule has 10 nitrogen and oxygen atoms in total. The molecule has 39 heavy (non-hydrogen) atoms. The first kappa shape index (κ1) is 28.4. The number of rotatable bonds is 8. The van der Waals surface area contributed by atoms with Gasteiger partial charge in [0, 0.05) is 43.5 Å². The summed E-state index contributed by atoms with van der Waals surface area (Å²) in [6, 6.07) is 15.1. The van der Waals surface area contributed by atoms with E-state index >= 15 is 0 Å². The van der Waals surface area contributed by atoms with Gasteiger partial charge in [-0.25, -0.2) is 8.42 Å². The summed E-state index contributed by atoms with van der Waals surface area (Å²) < 4.78 is 27.9. The lowest BCUT2D eigenvalue weighted by Gasteiger charge is -2.22. The van der Waals surface area contributed by atoms with E-state index in [0.29, 0.717) is 30.1 Å². The topological polar surface area (TPSA) is 128 Å². The van der Waals surface area contributed by atoms with Gasteiger partial charge in [0.25, 0.3) is 11.8 Å². The van der Waals surface area contributed by atoms with Gasteiger partial charge in [0.05, 0.1) is 10.5 Å². The third kappa shape index (κ3) is 6.53. The molecular weight excluding hydrogens is 538 g/mol. The number of thiophene rings is 1. The molecule has 0 spiro atoms. The number of benzene rings is 2. The Labute approximate surface area is 232 Å². The lowest BCUT2D eigenvalue weighted by molar-refractivity contribution is -0.119. The average molecular weight is 570 g/mol. The molecule has 0 aliphatic carbocycles. The molecule has 2 heterocycles. The highest BCUT2D eigenvalue weighted by Crippen LogP contribution is 2.37. The molecular formula is C27H31N5O5S2. The van der Waals surface area contributed by atoms with Gasteiger partial charge < -0.3 is 10.2 Å². The van der Waals surface area contributed by atoms with Crippen LogP contribution < -0.4 is 16.2 Å². The molecule has 0 saturated carbocycles. The van der Waals surface area contributed by atoms with E-state index in [1.807, 2.05) is 37.4 Å². The Morgan fingerprint density at radius 2 is 1.69 bits per heavy atom. The lowest BCUT2D eigenvalue weighted by atomic mass is 10.0. The molecule has 0 bridgehead atoms. The number of nitrogens with one attached hydrogen (secondary N) is 3. The van der Waals surface area contributed by atoms with Gasteiger partial charge in [0.15, 0.2) is 0 Å². The Bertz CT molecular complexity index is 1470. The summed E-state index contributed by atoms with van der Waals surface area (Å²) in [5.74, 6) is -1.41. The van der Waals surface area contributed by atoms with Crippen molar-refractivity contribution >= 4 is 44.1 Å². The number of hydrazine groups is 1. The van der Waals surface area contributed by atoms with Crippen LogP contribution in [0.2, 0.25) is 0 Å². The van der Waals surface area contributed by atoms with E-state index in [1.54, 1.807) is 6.92 Å². The van der Waals surface area contributed by atoms with Gasteiger partial charge in [-0.15, -0.1) is 11.3 Å². The third-order valence-corrected chi connectivity index (χ3v) is 9.43. The minimum atomic E-state index is -3.78. The molecule has 1 aromatic heterocycles. The molecule has 4 rings (SSSR count). The number of anilines is 1. The molecule has 0 unspecified atom stereocenters. The summed E-state index contributed by atoms with van der Waals surface area (Å²) in [6.45, 7) is 4.99. The molecule has 3 aromatic rings. The largest absolute Gasteiger partial charge is 0.313 e. The molecule has 2 aromatic carbocycles. The molecule has 0 atom stereocenters. The molecule has 12 heteroatoms. The molecule has 1 aliphatic rings. The van der Waals surface area contributed by atoms with E-state index in [2.05, 4.69) is 21.1 Å². The Morgan fingerprint density at radius 1 is 1.00 bits per heavy atom. The number of hydrogen-bond acceptors (Lipinski definition) is 7. The van der Waals surface area contributed by atoms with Crippen molar-refractivity contribution in [1.82, 2.24) is 20.1 Å². The minimum absolute atomic E-state index is 0.0850. The SMILES string of the molecule is CCN(Cc1ccccc1)S(=O)(=O)c1ccc(C(=O)Nc2sc3c(c2C(=O)NNC(C)=O)CCN(C)C3)cc1. The molecule has 0 fully saturated rings. The third-order valence-electron chi connectivity index (χ3n) is 6.36. The molecule has 0 saturated heterocycles. The van der Waals surface area contributed by atoms with Crippen LogP contribution in [0.25, 0.3) is 0 Å². The average Bonchev–Trinajstić information content (AvgIpc) is 3.27. The Kier molecular flexibility index (Phi) is 8.80. The fraction of sp³-hybridized carbons (Fsp3) is 0.296. The van der Waals surface area contributed by atoms with Gasteiger partial charge in [-0.1, -0.05) is 37.3 Å². The zero-order valence-electron chi connectivity index (χ0n) is 22.0. The fourth-order valence-corrected chi connectivity index (χ4v) is 7.08. The predicted molar refractivity (Wildman–Crippen MR) is 150 cm³/mol. The van der Waals surface area contributed by atoms with Gasteiger partial charge in [0.2, 0.25) is 15.9 Å². The van der Waals surface area contributed by atoms with E-state index in [4.69, 9.17) is 0 Å². The van der Waals surface area contributed by atoms with Crippen LogP contribution >= 0.6 is 11.3 Å². The summed E-state index contributed by atoms with van der Waals surface area (Å²) in [5.41, 5.74) is 6.97. The van der Waals surface area contributed by atoms with Crippen LogP contribution in [0.15, 0.2) is 59.5 Å². The van der Waals surface area contributed by atoms with Crippen molar-refractivity contribution in [2.24, 2.45) is 0 Å². The second-order valence-electron chi connectivity index (χ2n) is 9.23. The van der Waals surface area contributed by atoms with Crippen LogP contribution in [0, 0.1) is 0 Å². The Hall–Kier alpha value is -3.58. The normalized spacial score (nSPS) is 13.5. The Morgan fingerprint density at radius 3 is 2.33 bits per heavy atom. The first-order chi connectivity index (χ1) is 18.6. The second-order valence-corrected chi connectivity index (χ2v) is 12.3. The van der Waals surface area contributed by atoms with Crippen LogP contribution in [0.4, 0.5) is 5.00 Å². The van der Waals surface area contributed by atoms with Crippen molar-refractivity contribution < 1.29 is 22.8 Å². The number of likely N-dealkylation sites (N-methyl/N-ethyl adjacent to an activating group) is 1. The van der Waals surface area contributed by atoms with Crippen molar-refractivity contribution in [2.75, 3.05) is 25.5 Å². The number of hydrogen-bond donors (Lipinski definition) is 3. The van der Waals surface area contributed by atoms with Crippen LogP contribution in [0.3, 0.4) is 0 Å². The summed E-state index contributed by atoms with van der Waals surface area (Å²) in [7, 11) is -1.80. The zero-order valence-corrected chi connectivity index (χ0v) is 23.6. The van der Waals surface area contributed by atoms with Gasteiger partial charge in [-0.3, -0.25) is 25.2 Å². The van der Waals surface area contributed by atoms with Crippen molar-refractivity contribution in [1.29, 1.82) is 0 Å². The van der Waals surface area contributed by atoms with E-state index in [0.717, 1.165) is 22.5 Å². The van der Waals surface area contributed by atoms with E-state index < -0.39 is 27.7 Å². The molecule has 3 amide bonds. The highest BCUT2D eigenvalue weighted by molar-refractivity contribution is 7.89. The van der Waals surface area contributed by atoms with E-state index in [1.165, 1.54) is 46.8 Å². The monoisotopic (exact) mass is 569 g/mol. The highest BCUT2D eigenvalue weighted by Gasteiger charge is 2.29. The molecule has 206 valence electrons. The van der Waals surface area contributed by atoms with Gasteiger partial charge in [-0.2, -0.15) is 4.31 Å². The summed E-state index contributed by atoms with van der Waals surface area (Å²) >= 11 is 1.32. The lowest BCUT2D eigenvalue weighted by Crippen LogP contribution is -2.41. The second kappa shape index (κ2) is 12.1. The number of amides is 3. The molecule has 1 aliphatic heterocycles. The van der Waals surface area contributed by atoms with Crippen molar-refractivity contribution in [3.63, 3.8) is 0 Å². The van der Waals surface area contributed by atoms with Crippen LogP contribution in [0.5, 0.6) is 0 Å². The van der Waals surface area contributed by atoms with Crippen molar-refractivity contribution in [2.45, 2.75) is 38.3 Å².